The highest BCUT2D eigenvalue weighted by Crippen LogP contribution is 2.14. The van der Waals surface area contributed by atoms with Crippen LogP contribution in [-0.2, 0) is 4.79 Å². The Kier molecular flexibility index (Phi) is 4.38. The molecule has 0 bridgehead atoms. The maximum absolute atomic E-state index is 12.0. The van der Waals surface area contributed by atoms with E-state index in [4.69, 9.17) is 4.74 Å². The minimum absolute atomic E-state index is 0.0327. The van der Waals surface area contributed by atoms with Crippen LogP contribution in [0.5, 0.6) is 5.75 Å². The van der Waals surface area contributed by atoms with Gasteiger partial charge in [0.1, 0.15) is 5.75 Å². The first-order valence-corrected chi connectivity index (χ1v) is 7.30. The molecule has 0 aliphatic carbocycles. The Morgan fingerprint density at radius 3 is 2.74 bits per heavy atom. The molecule has 1 amide bonds. The van der Waals surface area contributed by atoms with Gasteiger partial charge in [0.25, 0.3) is 5.91 Å². The zero-order chi connectivity index (χ0) is 16.1. The molecule has 1 N–H and O–H groups in total. The molecule has 1 aromatic heterocycles. The topological polar surface area (TPSA) is 56.1 Å². The molecular weight excluding hydrogens is 290 g/mol. The molecule has 116 valence electrons. The van der Waals surface area contributed by atoms with Crippen LogP contribution in [0.2, 0.25) is 0 Å². The van der Waals surface area contributed by atoms with Gasteiger partial charge < -0.3 is 10.1 Å². The average Bonchev–Trinajstić information content (AvgIpc) is 3.09. The van der Waals surface area contributed by atoms with Crippen molar-refractivity contribution >= 4 is 11.6 Å². The van der Waals surface area contributed by atoms with Gasteiger partial charge in [-0.25, -0.2) is 4.68 Å². The zero-order valence-electron chi connectivity index (χ0n) is 12.8. The number of carbonyl (C=O) groups excluding carboxylic acids is 1. The molecule has 3 rings (SSSR count). The van der Waals surface area contributed by atoms with Crippen LogP contribution in [0, 0.1) is 6.92 Å². The molecule has 0 radical (unpaired) electrons. The molecule has 0 spiro atoms. The second-order valence-corrected chi connectivity index (χ2v) is 5.15. The van der Waals surface area contributed by atoms with Crippen molar-refractivity contribution in [2.45, 2.75) is 6.92 Å². The molecule has 0 saturated heterocycles. The number of rotatable bonds is 5. The maximum Gasteiger partial charge on any atom is 0.262 e. The SMILES string of the molecule is Cc1ccc(OCC(=O)Nc2cccc(-n3cccn3)c2)cc1. The van der Waals surface area contributed by atoms with Crippen molar-refractivity contribution < 1.29 is 9.53 Å². The number of anilines is 1. The van der Waals surface area contributed by atoms with Crippen molar-refractivity contribution in [2.24, 2.45) is 0 Å². The fourth-order valence-electron chi connectivity index (χ4n) is 2.13. The summed E-state index contributed by atoms with van der Waals surface area (Å²) in [7, 11) is 0. The Balaban J connectivity index is 1.59. The highest BCUT2D eigenvalue weighted by Gasteiger charge is 2.05. The van der Waals surface area contributed by atoms with Crippen LogP contribution in [-0.4, -0.2) is 22.3 Å². The summed E-state index contributed by atoms with van der Waals surface area (Å²) in [4.78, 5) is 12.0. The van der Waals surface area contributed by atoms with Crippen molar-refractivity contribution in [3.05, 3.63) is 72.6 Å². The Morgan fingerprint density at radius 1 is 1.17 bits per heavy atom. The summed E-state index contributed by atoms with van der Waals surface area (Å²) in [6.45, 7) is 1.97. The molecule has 0 atom stereocenters. The van der Waals surface area contributed by atoms with Crippen LogP contribution >= 0.6 is 0 Å². The molecule has 5 nitrogen and oxygen atoms in total. The Bertz CT molecular complexity index is 780. The molecule has 0 aliphatic heterocycles. The number of amides is 1. The van der Waals surface area contributed by atoms with E-state index in [9.17, 15) is 4.79 Å². The van der Waals surface area contributed by atoms with Gasteiger partial charge in [-0.2, -0.15) is 5.10 Å². The number of nitrogens with zero attached hydrogens (tertiary/aromatic N) is 2. The van der Waals surface area contributed by atoms with E-state index < -0.39 is 0 Å². The molecule has 0 unspecified atom stereocenters. The number of aryl methyl sites for hydroxylation is 1. The van der Waals surface area contributed by atoms with E-state index in [1.165, 1.54) is 0 Å². The fraction of sp³-hybridized carbons (Fsp3) is 0.111. The van der Waals surface area contributed by atoms with Crippen LogP contribution < -0.4 is 10.1 Å². The normalized spacial score (nSPS) is 10.3. The average molecular weight is 307 g/mol. The lowest BCUT2D eigenvalue weighted by Crippen LogP contribution is -2.20. The molecular formula is C18H17N3O2. The van der Waals surface area contributed by atoms with Gasteiger partial charge in [0.15, 0.2) is 6.61 Å². The number of hydrogen-bond acceptors (Lipinski definition) is 3. The summed E-state index contributed by atoms with van der Waals surface area (Å²) in [5.41, 5.74) is 2.74. The second kappa shape index (κ2) is 6.79. The second-order valence-electron chi connectivity index (χ2n) is 5.15. The van der Waals surface area contributed by atoms with Gasteiger partial charge in [-0.3, -0.25) is 4.79 Å². The monoisotopic (exact) mass is 307 g/mol. The number of ether oxygens (including phenoxy) is 1. The number of nitrogens with one attached hydrogen (secondary N) is 1. The van der Waals surface area contributed by atoms with E-state index in [2.05, 4.69) is 10.4 Å². The highest BCUT2D eigenvalue weighted by atomic mass is 16.5. The predicted molar refractivity (Wildman–Crippen MR) is 88.9 cm³/mol. The molecule has 23 heavy (non-hydrogen) atoms. The third-order valence-electron chi connectivity index (χ3n) is 3.29. The first-order valence-electron chi connectivity index (χ1n) is 7.30. The summed E-state index contributed by atoms with van der Waals surface area (Å²) in [6, 6.07) is 16.9. The van der Waals surface area contributed by atoms with Gasteiger partial charge >= 0.3 is 0 Å². The van der Waals surface area contributed by atoms with Crippen LogP contribution in [0.15, 0.2) is 67.0 Å². The molecule has 0 fully saturated rings. The van der Waals surface area contributed by atoms with Crippen molar-refractivity contribution in [3.8, 4) is 11.4 Å². The Morgan fingerprint density at radius 2 is 2.00 bits per heavy atom. The number of aromatic nitrogens is 2. The van der Waals surface area contributed by atoms with Crippen molar-refractivity contribution in [2.75, 3.05) is 11.9 Å². The lowest BCUT2D eigenvalue weighted by atomic mass is 10.2. The van der Waals surface area contributed by atoms with Crippen LogP contribution in [0.4, 0.5) is 5.69 Å². The van der Waals surface area contributed by atoms with E-state index in [1.807, 2.05) is 67.7 Å². The standard InChI is InChI=1S/C18H17N3O2/c1-14-6-8-17(9-7-14)23-13-18(22)20-15-4-2-5-16(12-15)21-11-3-10-19-21/h2-12H,13H2,1H3,(H,20,22). The summed E-state index contributed by atoms with van der Waals surface area (Å²) in [5.74, 6) is 0.472. The quantitative estimate of drug-likeness (QED) is 0.787. The number of carbonyl (C=O) groups is 1. The molecule has 1 heterocycles. The highest BCUT2D eigenvalue weighted by molar-refractivity contribution is 5.92. The van der Waals surface area contributed by atoms with E-state index in [1.54, 1.807) is 10.9 Å². The minimum Gasteiger partial charge on any atom is -0.484 e. The maximum atomic E-state index is 12.0. The first-order chi connectivity index (χ1) is 11.2. The third kappa shape index (κ3) is 3.97. The first kappa shape index (κ1) is 14.8. The van der Waals surface area contributed by atoms with Crippen LogP contribution in [0.1, 0.15) is 5.56 Å². The summed E-state index contributed by atoms with van der Waals surface area (Å²) < 4.78 is 7.20. The van der Waals surface area contributed by atoms with Crippen molar-refractivity contribution in [1.29, 1.82) is 0 Å². The molecule has 0 saturated carbocycles. The van der Waals surface area contributed by atoms with Gasteiger partial charge in [0.05, 0.1) is 5.69 Å². The third-order valence-corrected chi connectivity index (χ3v) is 3.29. The lowest BCUT2D eigenvalue weighted by Gasteiger charge is -2.09. The summed E-state index contributed by atoms with van der Waals surface area (Å²) >= 11 is 0. The zero-order valence-corrected chi connectivity index (χ0v) is 12.8. The Hall–Kier alpha value is -3.08. The van der Waals surface area contributed by atoms with Gasteiger partial charge in [-0.1, -0.05) is 23.8 Å². The summed E-state index contributed by atoms with van der Waals surface area (Å²) in [6.07, 6.45) is 3.56. The van der Waals surface area contributed by atoms with Gasteiger partial charge in [0, 0.05) is 18.1 Å². The number of benzene rings is 2. The smallest absolute Gasteiger partial charge is 0.262 e. The van der Waals surface area contributed by atoms with E-state index in [0.29, 0.717) is 11.4 Å². The summed E-state index contributed by atoms with van der Waals surface area (Å²) in [5, 5.41) is 6.99. The molecule has 5 heteroatoms. The van der Waals surface area contributed by atoms with Gasteiger partial charge in [-0.15, -0.1) is 0 Å². The van der Waals surface area contributed by atoms with E-state index in [0.717, 1.165) is 11.3 Å². The minimum atomic E-state index is -0.205. The largest absolute Gasteiger partial charge is 0.484 e. The molecule has 0 aliphatic rings. The molecule has 3 aromatic rings. The number of hydrogen-bond donors (Lipinski definition) is 1. The predicted octanol–water partition coefficient (Wildman–Crippen LogP) is 3.20. The molecule has 2 aromatic carbocycles. The Labute approximate surface area is 134 Å². The van der Waals surface area contributed by atoms with Gasteiger partial charge in [0.2, 0.25) is 0 Å². The van der Waals surface area contributed by atoms with Crippen LogP contribution in [0.25, 0.3) is 5.69 Å². The van der Waals surface area contributed by atoms with Crippen molar-refractivity contribution in [3.63, 3.8) is 0 Å². The van der Waals surface area contributed by atoms with E-state index >= 15 is 0 Å². The van der Waals surface area contributed by atoms with E-state index in [-0.39, 0.29) is 12.5 Å². The van der Waals surface area contributed by atoms with Crippen LogP contribution in [0.3, 0.4) is 0 Å². The van der Waals surface area contributed by atoms with Crippen molar-refractivity contribution in [1.82, 2.24) is 9.78 Å². The lowest BCUT2D eigenvalue weighted by molar-refractivity contribution is -0.118. The van der Waals surface area contributed by atoms with Gasteiger partial charge in [-0.05, 0) is 43.3 Å². The fourth-order valence-corrected chi connectivity index (χ4v) is 2.13.